The highest BCUT2D eigenvalue weighted by Gasteiger charge is 2.24. The molecule has 6 heteroatoms. The van der Waals surface area contributed by atoms with Crippen LogP contribution >= 0.6 is 23.4 Å². The van der Waals surface area contributed by atoms with Gasteiger partial charge in [-0.2, -0.15) is 0 Å². The Morgan fingerprint density at radius 3 is 2.70 bits per heavy atom. The molecule has 0 aliphatic carbocycles. The smallest absolute Gasteiger partial charge is 0.290 e. The summed E-state index contributed by atoms with van der Waals surface area (Å²) in [4.78, 5) is 23.1. The van der Waals surface area contributed by atoms with Crippen LogP contribution in [0.4, 0.5) is 4.79 Å². The first-order valence-electron chi connectivity index (χ1n) is 6.83. The second-order valence-electron chi connectivity index (χ2n) is 4.80. The summed E-state index contributed by atoms with van der Waals surface area (Å²) in [6.07, 6.45) is 1.66. The van der Waals surface area contributed by atoms with Crippen LogP contribution in [-0.4, -0.2) is 11.1 Å². The Labute approximate surface area is 142 Å². The van der Waals surface area contributed by atoms with Gasteiger partial charge in [0.1, 0.15) is 12.4 Å². The number of hydrogen-bond donors (Lipinski definition) is 1. The number of thioether (sulfide) groups is 1. The lowest BCUT2D eigenvalue weighted by atomic mass is 10.2. The summed E-state index contributed by atoms with van der Waals surface area (Å²) in [6.45, 7) is 0.355. The van der Waals surface area contributed by atoms with Gasteiger partial charge in [0.25, 0.3) is 11.1 Å². The third kappa shape index (κ3) is 3.94. The number of imide groups is 1. The number of amides is 2. The molecule has 0 atom stereocenters. The molecule has 1 N–H and O–H groups in total. The molecular weight excluding hydrogens is 334 g/mol. The molecular formula is C17H12ClNO3S. The van der Waals surface area contributed by atoms with Crippen molar-refractivity contribution >= 4 is 40.6 Å². The largest absolute Gasteiger partial charge is 0.489 e. The van der Waals surface area contributed by atoms with Crippen molar-refractivity contribution in [1.82, 2.24) is 5.32 Å². The van der Waals surface area contributed by atoms with Crippen LogP contribution < -0.4 is 10.1 Å². The third-order valence-electron chi connectivity index (χ3n) is 3.15. The highest BCUT2D eigenvalue weighted by atomic mass is 35.5. The van der Waals surface area contributed by atoms with Crippen LogP contribution in [0.3, 0.4) is 0 Å². The average molecular weight is 346 g/mol. The lowest BCUT2D eigenvalue weighted by Gasteiger charge is -2.08. The highest BCUT2D eigenvalue weighted by Crippen LogP contribution is 2.27. The van der Waals surface area contributed by atoms with Gasteiger partial charge in [-0.3, -0.25) is 14.9 Å². The lowest BCUT2D eigenvalue weighted by Crippen LogP contribution is -2.17. The first-order chi connectivity index (χ1) is 11.1. The molecule has 0 radical (unpaired) electrons. The van der Waals surface area contributed by atoms with Gasteiger partial charge in [-0.05, 0) is 41.6 Å². The maximum absolute atomic E-state index is 11.6. The van der Waals surface area contributed by atoms with Crippen molar-refractivity contribution in [3.05, 3.63) is 69.6 Å². The molecule has 2 aromatic carbocycles. The second-order valence-corrected chi connectivity index (χ2v) is 6.23. The Morgan fingerprint density at radius 1 is 1.13 bits per heavy atom. The van der Waals surface area contributed by atoms with Crippen LogP contribution in [0, 0.1) is 0 Å². The molecule has 4 nitrogen and oxygen atoms in total. The molecule has 2 aromatic rings. The van der Waals surface area contributed by atoms with Crippen LogP contribution in [0.2, 0.25) is 5.02 Å². The molecule has 116 valence electrons. The van der Waals surface area contributed by atoms with Crippen molar-refractivity contribution in [2.75, 3.05) is 0 Å². The van der Waals surface area contributed by atoms with Gasteiger partial charge >= 0.3 is 0 Å². The van der Waals surface area contributed by atoms with Crippen molar-refractivity contribution in [3.8, 4) is 5.75 Å². The number of carbonyl (C=O) groups excluding carboxylic acids is 2. The van der Waals surface area contributed by atoms with Crippen LogP contribution in [-0.2, 0) is 11.4 Å². The summed E-state index contributed by atoms with van der Waals surface area (Å²) in [5.74, 6) is 0.288. The number of rotatable bonds is 4. The fraction of sp³-hybridized carbons (Fsp3) is 0.0588. The summed E-state index contributed by atoms with van der Waals surface area (Å²) in [7, 11) is 0. The Hall–Kier alpha value is -2.24. The van der Waals surface area contributed by atoms with E-state index in [4.69, 9.17) is 16.3 Å². The van der Waals surface area contributed by atoms with Gasteiger partial charge in [0.15, 0.2) is 0 Å². The summed E-state index contributed by atoms with van der Waals surface area (Å²) in [5, 5.41) is 2.53. The van der Waals surface area contributed by atoms with E-state index in [0.29, 0.717) is 22.3 Å². The zero-order valence-electron chi connectivity index (χ0n) is 11.9. The van der Waals surface area contributed by atoms with Crippen molar-refractivity contribution in [2.24, 2.45) is 0 Å². The molecule has 0 aromatic heterocycles. The van der Waals surface area contributed by atoms with Crippen molar-refractivity contribution in [1.29, 1.82) is 0 Å². The number of ether oxygens (including phenoxy) is 1. The summed E-state index contributed by atoms with van der Waals surface area (Å²) < 4.78 is 5.74. The van der Waals surface area contributed by atoms with Gasteiger partial charge < -0.3 is 4.74 Å². The predicted molar refractivity (Wildman–Crippen MR) is 91.3 cm³/mol. The predicted octanol–water partition coefficient (Wildman–Crippen LogP) is 4.24. The first kappa shape index (κ1) is 15.6. The van der Waals surface area contributed by atoms with E-state index >= 15 is 0 Å². The Bertz CT molecular complexity index is 804. The summed E-state index contributed by atoms with van der Waals surface area (Å²) >= 11 is 6.99. The molecule has 1 saturated heterocycles. The Balaban J connectivity index is 1.73. The first-order valence-corrected chi connectivity index (χ1v) is 8.02. The van der Waals surface area contributed by atoms with E-state index in [2.05, 4.69) is 5.32 Å². The van der Waals surface area contributed by atoms with E-state index in [1.165, 1.54) is 0 Å². The number of halogens is 1. The normalized spacial score (nSPS) is 15.8. The number of hydrogen-bond acceptors (Lipinski definition) is 4. The van der Waals surface area contributed by atoms with E-state index in [9.17, 15) is 9.59 Å². The molecule has 1 aliphatic rings. The molecule has 1 fully saturated rings. The van der Waals surface area contributed by atoms with Crippen LogP contribution in [0.1, 0.15) is 11.1 Å². The molecule has 0 spiro atoms. The molecule has 0 unspecified atom stereocenters. The molecule has 23 heavy (non-hydrogen) atoms. The fourth-order valence-corrected chi connectivity index (χ4v) is 2.92. The standard InChI is InChI=1S/C17H12ClNO3S/c18-14-7-2-1-5-12(14)10-22-13-6-3-4-11(8-13)9-15-16(20)19-17(21)23-15/h1-9H,10H2,(H,19,20,21)/b15-9-. The Kier molecular flexibility index (Phi) is 4.69. The number of nitrogens with one attached hydrogen (secondary N) is 1. The van der Waals surface area contributed by atoms with Gasteiger partial charge in [0.05, 0.1) is 4.91 Å². The minimum atomic E-state index is -0.373. The zero-order valence-corrected chi connectivity index (χ0v) is 13.5. The Morgan fingerprint density at radius 2 is 1.96 bits per heavy atom. The maximum Gasteiger partial charge on any atom is 0.290 e. The fourth-order valence-electron chi connectivity index (χ4n) is 2.04. The van der Waals surface area contributed by atoms with E-state index in [0.717, 1.165) is 22.9 Å². The van der Waals surface area contributed by atoms with Crippen molar-refractivity contribution < 1.29 is 14.3 Å². The van der Waals surface area contributed by atoms with Crippen molar-refractivity contribution in [2.45, 2.75) is 6.61 Å². The van der Waals surface area contributed by atoms with Crippen LogP contribution in [0.5, 0.6) is 5.75 Å². The maximum atomic E-state index is 11.6. The van der Waals surface area contributed by atoms with E-state index in [1.54, 1.807) is 12.1 Å². The lowest BCUT2D eigenvalue weighted by molar-refractivity contribution is -0.115. The minimum absolute atomic E-state index is 0.354. The van der Waals surface area contributed by atoms with Crippen molar-refractivity contribution in [3.63, 3.8) is 0 Å². The summed E-state index contributed by atoms with van der Waals surface area (Å²) in [6, 6.07) is 14.8. The van der Waals surface area contributed by atoms with Crippen LogP contribution in [0.25, 0.3) is 6.08 Å². The van der Waals surface area contributed by atoms with E-state index in [1.807, 2.05) is 42.5 Å². The van der Waals surface area contributed by atoms with E-state index < -0.39 is 0 Å². The molecule has 0 bridgehead atoms. The minimum Gasteiger partial charge on any atom is -0.489 e. The highest BCUT2D eigenvalue weighted by molar-refractivity contribution is 8.18. The van der Waals surface area contributed by atoms with Crippen LogP contribution in [0.15, 0.2) is 53.4 Å². The van der Waals surface area contributed by atoms with Gasteiger partial charge in [-0.25, -0.2) is 0 Å². The zero-order chi connectivity index (χ0) is 16.2. The molecule has 3 rings (SSSR count). The topological polar surface area (TPSA) is 55.4 Å². The molecule has 0 saturated carbocycles. The molecule has 1 aliphatic heterocycles. The molecule has 2 amide bonds. The second kappa shape index (κ2) is 6.89. The SMILES string of the molecule is O=C1NC(=O)/C(=C/c2cccc(OCc3ccccc3Cl)c2)S1. The van der Waals surface area contributed by atoms with Gasteiger partial charge in [-0.1, -0.05) is 41.9 Å². The van der Waals surface area contributed by atoms with Gasteiger partial charge in [-0.15, -0.1) is 0 Å². The molecule has 1 heterocycles. The van der Waals surface area contributed by atoms with E-state index in [-0.39, 0.29) is 11.1 Å². The number of benzene rings is 2. The summed E-state index contributed by atoms with van der Waals surface area (Å²) in [5.41, 5.74) is 1.68. The quantitative estimate of drug-likeness (QED) is 0.842. The third-order valence-corrected chi connectivity index (χ3v) is 4.33. The number of carbonyl (C=O) groups is 2. The monoisotopic (exact) mass is 345 g/mol. The van der Waals surface area contributed by atoms with Gasteiger partial charge in [0.2, 0.25) is 0 Å². The van der Waals surface area contributed by atoms with Gasteiger partial charge in [0, 0.05) is 10.6 Å². The average Bonchev–Trinajstić information content (AvgIpc) is 2.84.